The predicted molar refractivity (Wildman–Crippen MR) is 106 cm³/mol. The van der Waals surface area contributed by atoms with Gasteiger partial charge in [-0.3, -0.25) is 9.59 Å². The zero-order valence-corrected chi connectivity index (χ0v) is 17.1. The highest BCUT2D eigenvalue weighted by molar-refractivity contribution is 5.87. The Kier molecular flexibility index (Phi) is 5.64. The average Bonchev–Trinajstić information content (AvgIpc) is 3.38. The Hall–Kier alpha value is -2.56. The van der Waals surface area contributed by atoms with Crippen LogP contribution < -0.4 is 4.74 Å². The van der Waals surface area contributed by atoms with Gasteiger partial charge in [-0.1, -0.05) is 30.4 Å². The quantitative estimate of drug-likeness (QED) is 0.548. The summed E-state index contributed by atoms with van der Waals surface area (Å²) in [6.45, 7) is 3.81. The van der Waals surface area contributed by atoms with E-state index in [1.54, 1.807) is 7.11 Å². The standard InChI is InChI=1S/C23H28O5/c1-6-8-16(21(24)27-4)17-13-19-20(23(19,11-7-2)22(25)28-5)18-12-14(26-3)9-10-15(17)18/h6-12,16-17,19-20H,13H2,1-5H3/b8-6+,11-7+/t16-,17+,19+,20-,23-/m1/s1. The largest absolute Gasteiger partial charge is 0.497 e. The van der Waals surface area contributed by atoms with Gasteiger partial charge in [-0.05, 0) is 49.4 Å². The number of benzene rings is 1. The van der Waals surface area contributed by atoms with E-state index < -0.39 is 11.3 Å². The molecule has 0 bridgehead atoms. The molecule has 0 aromatic heterocycles. The molecule has 3 rings (SSSR count). The van der Waals surface area contributed by atoms with Crippen LogP contribution >= 0.6 is 0 Å². The molecule has 2 aliphatic carbocycles. The fourth-order valence-electron chi connectivity index (χ4n) is 5.06. The third-order valence-electron chi connectivity index (χ3n) is 6.25. The van der Waals surface area contributed by atoms with E-state index >= 15 is 0 Å². The fraction of sp³-hybridized carbons (Fsp3) is 0.478. The highest BCUT2D eigenvalue weighted by Crippen LogP contribution is 2.73. The minimum absolute atomic E-state index is 0.0291. The Labute approximate surface area is 166 Å². The summed E-state index contributed by atoms with van der Waals surface area (Å²) in [4.78, 5) is 25.3. The van der Waals surface area contributed by atoms with E-state index in [2.05, 4.69) is 0 Å². The minimum Gasteiger partial charge on any atom is -0.497 e. The van der Waals surface area contributed by atoms with E-state index in [0.29, 0.717) is 6.42 Å². The molecule has 150 valence electrons. The lowest BCUT2D eigenvalue weighted by atomic mass is 9.75. The molecule has 0 spiro atoms. The van der Waals surface area contributed by atoms with Crippen LogP contribution in [0.4, 0.5) is 0 Å². The summed E-state index contributed by atoms with van der Waals surface area (Å²) in [5.74, 6) is -0.105. The minimum atomic E-state index is -0.685. The van der Waals surface area contributed by atoms with Gasteiger partial charge in [0.1, 0.15) is 5.75 Å². The first-order valence-electron chi connectivity index (χ1n) is 9.60. The number of allylic oxidation sites excluding steroid dienone is 2. The van der Waals surface area contributed by atoms with E-state index in [4.69, 9.17) is 14.2 Å². The highest BCUT2D eigenvalue weighted by atomic mass is 16.5. The lowest BCUT2D eigenvalue weighted by Gasteiger charge is -2.29. The van der Waals surface area contributed by atoms with E-state index in [-0.39, 0.29) is 29.7 Å². The van der Waals surface area contributed by atoms with Gasteiger partial charge in [0.15, 0.2) is 0 Å². The molecule has 5 atom stereocenters. The normalized spacial score (nSPS) is 29.1. The van der Waals surface area contributed by atoms with Gasteiger partial charge < -0.3 is 14.2 Å². The first kappa shape index (κ1) is 20.2. The molecule has 0 saturated heterocycles. The van der Waals surface area contributed by atoms with Crippen LogP contribution in [0.2, 0.25) is 0 Å². The Morgan fingerprint density at radius 2 is 1.86 bits per heavy atom. The van der Waals surface area contributed by atoms with Crippen molar-refractivity contribution in [3.05, 3.63) is 53.6 Å². The Morgan fingerprint density at radius 3 is 2.43 bits per heavy atom. The van der Waals surface area contributed by atoms with Crippen molar-refractivity contribution in [3.8, 4) is 5.75 Å². The van der Waals surface area contributed by atoms with E-state index in [0.717, 1.165) is 16.9 Å². The van der Waals surface area contributed by atoms with E-state index in [1.807, 2.05) is 56.4 Å². The van der Waals surface area contributed by atoms with Crippen LogP contribution in [0.3, 0.4) is 0 Å². The summed E-state index contributed by atoms with van der Waals surface area (Å²) < 4.78 is 15.7. The Balaban J connectivity index is 2.15. The number of rotatable bonds is 6. The second-order valence-electron chi connectivity index (χ2n) is 7.42. The van der Waals surface area contributed by atoms with Crippen molar-refractivity contribution in [2.75, 3.05) is 21.3 Å². The second-order valence-corrected chi connectivity index (χ2v) is 7.42. The highest BCUT2D eigenvalue weighted by Gasteiger charge is 2.71. The average molecular weight is 384 g/mol. The van der Waals surface area contributed by atoms with E-state index in [9.17, 15) is 9.59 Å². The van der Waals surface area contributed by atoms with E-state index in [1.165, 1.54) is 14.2 Å². The number of hydrogen-bond donors (Lipinski definition) is 0. The molecular formula is C23H28O5. The second kappa shape index (κ2) is 7.82. The molecule has 0 N–H and O–H groups in total. The summed E-state index contributed by atoms with van der Waals surface area (Å²) in [6, 6.07) is 5.93. The van der Waals surface area contributed by atoms with Crippen molar-refractivity contribution >= 4 is 11.9 Å². The van der Waals surface area contributed by atoms with Gasteiger partial charge in [0.05, 0.1) is 32.7 Å². The maximum atomic E-state index is 12.8. The van der Waals surface area contributed by atoms with Gasteiger partial charge in [-0.2, -0.15) is 0 Å². The lowest BCUT2D eigenvalue weighted by Crippen LogP contribution is -2.25. The molecule has 0 radical (unpaired) electrons. The molecule has 0 amide bonds. The molecule has 5 heteroatoms. The van der Waals surface area contributed by atoms with Crippen LogP contribution in [-0.2, 0) is 19.1 Å². The molecule has 1 saturated carbocycles. The fourth-order valence-corrected chi connectivity index (χ4v) is 5.06. The third-order valence-corrected chi connectivity index (χ3v) is 6.25. The number of fused-ring (bicyclic) bond motifs is 3. The smallest absolute Gasteiger partial charge is 0.316 e. The van der Waals surface area contributed by atoms with Crippen molar-refractivity contribution < 1.29 is 23.8 Å². The molecular weight excluding hydrogens is 356 g/mol. The molecule has 5 nitrogen and oxygen atoms in total. The molecule has 28 heavy (non-hydrogen) atoms. The topological polar surface area (TPSA) is 61.8 Å². The van der Waals surface area contributed by atoms with Gasteiger partial charge >= 0.3 is 11.9 Å². The summed E-state index contributed by atoms with van der Waals surface area (Å²) in [6.07, 6.45) is 8.36. The molecule has 1 aromatic carbocycles. The van der Waals surface area contributed by atoms with Crippen molar-refractivity contribution in [3.63, 3.8) is 0 Å². The zero-order valence-electron chi connectivity index (χ0n) is 17.1. The van der Waals surface area contributed by atoms with Gasteiger partial charge in [0.2, 0.25) is 0 Å². The van der Waals surface area contributed by atoms with Gasteiger partial charge in [-0.15, -0.1) is 0 Å². The summed E-state index contributed by atoms with van der Waals surface area (Å²) in [5, 5.41) is 0. The molecule has 1 aromatic rings. The molecule has 0 heterocycles. The van der Waals surface area contributed by atoms with Crippen LogP contribution in [0.25, 0.3) is 0 Å². The van der Waals surface area contributed by atoms with Crippen LogP contribution in [0.15, 0.2) is 42.5 Å². The molecule has 2 aliphatic rings. The number of methoxy groups -OCH3 is 3. The van der Waals surface area contributed by atoms with Crippen molar-refractivity contribution in [1.82, 2.24) is 0 Å². The van der Waals surface area contributed by atoms with Crippen molar-refractivity contribution in [2.45, 2.75) is 32.1 Å². The zero-order chi connectivity index (χ0) is 20.5. The molecule has 1 fully saturated rings. The number of ether oxygens (including phenoxy) is 3. The van der Waals surface area contributed by atoms with Crippen LogP contribution in [0.1, 0.15) is 43.2 Å². The first-order valence-corrected chi connectivity index (χ1v) is 9.60. The van der Waals surface area contributed by atoms with Gasteiger partial charge in [0.25, 0.3) is 0 Å². The van der Waals surface area contributed by atoms with Gasteiger partial charge in [0, 0.05) is 11.8 Å². The number of esters is 2. The summed E-state index contributed by atoms with van der Waals surface area (Å²) in [5.41, 5.74) is 1.45. The Morgan fingerprint density at radius 1 is 1.11 bits per heavy atom. The SMILES string of the molecule is C/C=C/[C@@H](C(=O)OC)[C@H]1C[C@H]2[C@@H](c3cc(OC)ccc31)[C@]2(/C=C/C)C(=O)OC. The maximum absolute atomic E-state index is 12.8. The van der Waals surface area contributed by atoms with Crippen LogP contribution in [0, 0.1) is 17.3 Å². The third kappa shape index (κ3) is 2.93. The molecule has 0 unspecified atom stereocenters. The summed E-state index contributed by atoms with van der Waals surface area (Å²) in [7, 11) is 4.47. The van der Waals surface area contributed by atoms with Crippen molar-refractivity contribution in [1.29, 1.82) is 0 Å². The number of carbonyl (C=O) groups excluding carboxylic acids is 2. The van der Waals surface area contributed by atoms with Crippen LogP contribution in [-0.4, -0.2) is 33.3 Å². The number of hydrogen-bond acceptors (Lipinski definition) is 5. The predicted octanol–water partition coefficient (Wildman–Crippen LogP) is 4.00. The number of carbonyl (C=O) groups is 2. The first-order chi connectivity index (χ1) is 13.5. The van der Waals surface area contributed by atoms with Crippen molar-refractivity contribution in [2.24, 2.45) is 17.3 Å². The molecule has 0 aliphatic heterocycles. The monoisotopic (exact) mass is 384 g/mol. The maximum Gasteiger partial charge on any atom is 0.316 e. The summed E-state index contributed by atoms with van der Waals surface area (Å²) >= 11 is 0. The lowest BCUT2D eigenvalue weighted by molar-refractivity contribution is -0.145. The van der Waals surface area contributed by atoms with Crippen LogP contribution in [0.5, 0.6) is 5.75 Å². The van der Waals surface area contributed by atoms with Gasteiger partial charge in [-0.25, -0.2) is 0 Å². The Bertz CT molecular complexity index is 824.